The lowest BCUT2D eigenvalue weighted by Gasteiger charge is -2.49. The average Bonchev–Trinajstić information content (AvgIpc) is 2.97. The summed E-state index contributed by atoms with van der Waals surface area (Å²) in [6.07, 6.45) is 1.27. The number of amides is 2. The van der Waals surface area contributed by atoms with E-state index in [4.69, 9.17) is 0 Å². The first-order valence-electron chi connectivity index (χ1n) is 7.20. The SMILES string of the molecule is CC1(C)C(O)CC1NC(=O)CCCNC(=O)c1cccs1. The Bertz CT molecular complexity index is 499. The van der Waals surface area contributed by atoms with Gasteiger partial charge in [0.25, 0.3) is 5.91 Å². The van der Waals surface area contributed by atoms with Crippen LogP contribution in [0.3, 0.4) is 0 Å². The van der Waals surface area contributed by atoms with Crippen LogP contribution in [-0.4, -0.2) is 35.6 Å². The Kier molecular flexibility index (Phi) is 5.00. The van der Waals surface area contributed by atoms with E-state index in [1.807, 2.05) is 25.3 Å². The molecule has 1 aliphatic rings. The number of nitrogens with one attached hydrogen (secondary N) is 2. The minimum atomic E-state index is -0.340. The Labute approximate surface area is 128 Å². The Morgan fingerprint density at radius 1 is 1.48 bits per heavy atom. The van der Waals surface area contributed by atoms with Crippen molar-refractivity contribution in [1.82, 2.24) is 10.6 Å². The predicted molar refractivity (Wildman–Crippen MR) is 82.2 cm³/mol. The second-order valence-corrected chi connectivity index (χ2v) is 6.98. The molecule has 2 amide bonds. The van der Waals surface area contributed by atoms with Crippen LogP contribution in [0.25, 0.3) is 0 Å². The summed E-state index contributed by atoms with van der Waals surface area (Å²) in [5, 5.41) is 17.2. The summed E-state index contributed by atoms with van der Waals surface area (Å²) in [5.41, 5.74) is -0.247. The zero-order valence-corrected chi connectivity index (χ0v) is 13.2. The fourth-order valence-corrected chi connectivity index (χ4v) is 3.00. The number of carbonyl (C=O) groups excluding carboxylic acids is 2. The maximum atomic E-state index is 11.8. The third-order valence-electron chi connectivity index (χ3n) is 4.16. The first-order valence-corrected chi connectivity index (χ1v) is 8.08. The maximum absolute atomic E-state index is 11.8. The van der Waals surface area contributed by atoms with Gasteiger partial charge in [0.15, 0.2) is 0 Å². The van der Waals surface area contributed by atoms with Crippen LogP contribution in [0.2, 0.25) is 0 Å². The highest BCUT2D eigenvalue weighted by atomic mass is 32.1. The number of aliphatic hydroxyl groups excluding tert-OH is 1. The van der Waals surface area contributed by atoms with Crippen molar-refractivity contribution in [3.05, 3.63) is 22.4 Å². The molecule has 3 N–H and O–H groups in total. The minimum absolute atomic E-state index is 0.0228. The molecule has 1 heterocycles. The normalized spacial score (nSPS) is 23.2. The molecule has 1 aromatic rings. The molecule has 5 nitrogen and oxygen atoms in total. The Balaban J connectivity index is 1.61. The summed E-state index contributed by atoms with van der Waals surface area (Å²) in [6.45, 7) is 4.39. The number of hydrogen-bond acceptors (Lipinski definition) is 4. The highest BCUT2D eigenvalue weighted by molar-refractivity contribution is 7.12. The third kappa shape index (κ3) is 3.83. The first kappa shape index (κ1) is 16.0. The molecule has 2 atom stereocenters. The molecule has 21 heavy (non-hydrogen) atoms. The number of thiophene rings is 1. The number of aliphatic hydroxyl groups is 1. The molecule has 1 aliphatic carbocycles. The summed E-state index contributed by atoms with van der Waals surface area (Å²) in [4.78, 5) is 24.2. The average molecular weight is 310 g/mol. The Morgan fingerprint density at radius 2 is 2.24 bits per heavy atom. The van der Waals surface area contributed by atoms with Crippen LogP contribution in [0.1, 0.15) is 42.8 Å². The largest absolute Gasteiger partial charge is 0.392 e. The second-order valence-electron chi connectivity index (χ2n) is 6.03. The van der Waals surface area contributed by atoms with Gasteiger partial charge in [-0.25, -0.2) is 0 Å². The van der Waals surface area contributed by atoms with E-state index in [2.05, 4.69) is 10.6 Å². The van der Waals surface area contributed by atoms with Gasteiger partial charge in [-0.3, -0.25) is 9.59 Å². The number of carbonyl (C=O) groups is 2. The van der Waals surface area contributed by atoms with Crippen LogP contribution in [0.15, 0.2) is 17.5 Å². The van der Waals surface area contributed by atoms with Crippen molar-refractivity contribution < 1.29 is 14.7 Å². The highest BCUT2D eigenvalue weighted by Gasteiger charge is 2.47. The molecule has 1 fully saturated rings. The van der Waals surface area contributed by atoms with Crippen LogP contribution >= 0.6 is 11.3 Å². The van der Waals surface area contributed by atoms with Gasteiger partial charge in [0.1, 0.15) is 0 Å². The molecule has 0 aromatic carbocycles. The van der Waals surface area contributed by atoms with E-state index in [0.717, 1.165) is 0 Å². The van der Waals surface area contributed by atoms with Crippen molar-refractivity contribution in [2.45, 2.75) is 45.3 Å². The second kappa shape index (κ2) is 6.58. The lowest BCUT2D eigenvalue weighted by Crippen LogP contribution is -2.61. The van der Waals surface area contributed by atoms with Gasteiger partial charge < -0.3 is 15.7 Å². The van der Waals surface area contributed by atoms with Gasteiger partial charge in [0.05, 0.1) is 11.0 Å². The highest BCUT2D eigenvalue weighted by Crippen LogP contribution is 2.40. The Hall–Kier alpha value is -1.40. The summed E-state index contributed by atoms with van der Waals surface area (Å²) >= 11 is 1.40. The van der Waals surface area contributed by atoms with Crippen molar-refractivity contribution in [3.63, 3.8) is 0 Å². The maximum Gasteiger partial charge on any atom is 0.261 e. The molecular weight excluding hydrogens is 288 g/mol. The van der Waals surface area contributed by atoms with Gasteiger partial charge in [-0.1, -0.05) is 19.9 Å². The van der Waals surface area contributed by atoms with E-state index in [1.54, 1.807) is 6.07 Å². The van der Waals surface area contributed by atoms with Gasteiger partial charge in [0.2, 0.25) is 5.91 Å². The molecule has 0 aliphatic heterocycles. The molecule has 0 bridgehead atoms. The summed E-state index contributed by atoms with van der Waals surface area (Å²) < 4.78 is 0. The van der Waals surface area contributed by atoms with Gasteiger partial charge >= 0.3 is 0 Å². The molecule has 1 saturated carbocycles. The lowest BCUT2D eigenvalue weighted by molar-refractivity contribution is -0.129. The monoisotopic (exact) mass is 310 g/mol. The van der Waals surface area contributed by atoms with Gasteiger partial charge in [-0.05, 0) is 24.3 Å². The summed E-state index contributed by atoms with van der Waals surface area (Å²) in [6, 6.07) is 3.65. The van der Waals surface area contributed by atoms with Crippen molar-refractivity contribution in [2.75, 3.05) is 6.54 Å². The van der Waals surface area contributed by atoms with Crippen LogP contribution in [0, 0.1) is 5.41 Å². The smallest absolute Gasteiger partial charge is 0.261 e. The third-order valence-corrected chi connectivity index (χ3v) is 5.03. The quantitative estimate of drug-likeness (QED) is 0.697. The zero-order chi connectivity index (χ0) is 15.5. The minimum Gasteiger partial charge on any atom is -0.392 e. The fraction of sp³-hybridized carbons (Fsp3) is 0.600. The molecule has 0 radical (unpaired) electrons. The van der Waals surface area contributed by atoms with E-state index >= 15 is 0 Å². The van der Waals surface area contributed by atoms with Crippen molar-refractivity contribution >= 4 is 23.2 Å². The van der Waals surface area contributed by atoms with Crippen molar-refractivity contribution in [2.24, 2.45) is 5.41 Å². The molecule has 116 valence electrons. The molecule has 2 unspecified atom stereocenters. The summed E-state index contributed by atoms with van der Waals surface area (Å²) in [5.74, 6) is -0.112. The fourth-order valence-electron chi connectivity index (χ4n) is 2.36. The Morgan fingerprint density at radius 3 is 2.81 bits per heavy atom. The van der Waals surface area contributed by atoms with Crippen LogP contribution in [0.4, 0.5) is 0 Å². The predicted octanol–water partition coefficient (Wildman–Crippen LogP) is 1.53. The van der Waals surface area contributed by atoms with Crippen LogP contribution in [-0.2, 0) is 4.79 Å². The topological polar surface area (TPSA) is 78.4 Å². The summed E-state index contributed by atoms with van der Waals surface area (Å²) in [7, 11) is 0. The zero-order valence-electron chi connectivity index (χ0n) is 12.4. The molecule has 6 heteroatoms. The molecule has 2 rings (SSSR count). The van der Waals surface area contributed by atoms with E-state index in [-0.39, 0.29) is 29.4 Å². The van der Waals surface area contributed by atoms with Crippen LogP contribution < -0.4 is 10.6 Å². The number of hydrogen-bond donors (Lipinski definition) is 3. The van der Waals surface area contributed by atoms with Crippen molar-refractivity contribution in [1.29, 1.82) is 0 Å². The van der Waals surface area contributed by atoms with E-state index < -0.39 is 0 Å². The molecular formula is C15H22N2O3S. The van der Waals surface area contributed by atoms with Crippen molar-refractivity contribution in [3.8, 4) is 0 Å². The first-order chi connectivity index (χ1) is 9.91. The number of rotatable bonds is 6. The van der Waals surface area contributed by atoms with E-state index in [0.29, 0.717) is 30.7 Å². The molecule has 1 aromatic heterocycles. The lowest BCUT2D eigenvalue weighted by atomic mass is 9.64. The molecule has 0 spiro atoms. The molecule has 0 saturated heterocycles. The van der Waals surface area contributed by atoms with Crippen LogP contribution in [0.5, 0.6) is 0 Å². The van der Waals surface area contributed by atoms with Gasteiger partial charge in [-0.15, -0.1) is 11.3 Å². The van der Waals surface area contributed by atoms with E-state index in [1.165, 1.54) is 11.3 Å². The van der Waals surface area contributed by atoms with Gasteiger partial charge in [-0.2, -0.15) is 0 Å². The van der Waals surface area contributed by atoms with Gasteiger partial charge in [0, 0.05) is 24.4 Å². The standard InChI is InChI=1S/C15H22N2O3S/c1-15(2)11(9-12(15)18)17-13(19)6-3-7-16-14(20)10-5-4-8-21-10/h4-5,8,11-12,18H,3,6-7,9H2,1-2H3,(H,16,20)(H,17,19). The van der Waals surface area contributed by atoms with E-state index in [9.17, 15) is 14.7 Å².